The Morgan fingerprint density at radius 3 is 2.35 bits per heavy atom. The van der Waals surface area contributed by atoms with E-state index in [0.717, 1.165) is 24.8 Å². The zero-order valence-corrected chi connectivity index (χ0v) is 14.3. The number of phenols is 1. The molecule has 1 atom stereocenters. The minimum absolute atomic E-state index is 0.223. The first-order chi connectivity index (χ1) is 9.72. The molecule has 0 aliphatic carbocycles. The number of unbranched alkanes of at least 4 members (excludes halogenated alkanes) is 1. The molecule has 0 radical (unpaired) electrons. The van der Waals surface area contributed by atoms with Gasteiger partial charge in [-0.15, -0.1) is 0 Å². The highest BCUT2D eigenvalue weighted by molar-refractivity contribution is 8.52. The molecular weight excluding hydrogens is 291 g/mol. The first-order valence-electron chi connectivity index (χ1n) is 7.23. The number of hydrogen-bond donors (Lipinski definition) is 1. The van der Waals surface area contributed by atoms with E-state index in [2.05, 4.69) is 6.92 Å². The molecule has 3 nitrogen and oxygen atoms in total. The van der Waals surface area contributed by atoms with E-state index >= 15 is 0 Å². The molecule has 0 aromatic heterocycles. The van der Waals surface area contributed by atoms with Gasteiger partial charge in [-0.05, 0) is 26.3 Å². The van der Waals surface area contributed by atoms with Crippen molar-refractivity contribution >= 4 is 19.0 Å². The van der Waals surface area contributed by atoms with Gasteiger partial charge in [0.2, 0.25) is 7.58 Å². The summed E-state index contributed by atoms with van der Waals surface area (Å²) in [5.41, 5.74) is 0.984. The average molecular weight is 316 g/mol. The lowest BCUT2D eigenvalue weighted by molar-refractivity contribution is 0.283. The van der Waals surface area contributed by atoms with Crippen LogP contribution in [0.4, 0.5) is 0 Å². The van der Waals surface area contributed by atoms with Crippen LogP contribution in [-0.4, -0.2) is 18.3 Å². The summed E-state index contributed by atoms with van der Waals surface area (Å²) in [4.78, 5) is 0. The minimum atomic E-state index is -0.947. The van der Waals surface area contributed by atoms with Gasteiger partial charge in [-0.25, -0.2) is 0 Å². The van der Waals surface area contributed by atoms with Gasteiger partial charge in [-0.1, -0.05) is 49.3 Å². The standard InChI is InChI=1S/C15H25O3PS/c1-4-7-12-15(13-10-8-9-11-14(13)16)20-19(17-5-2)18-6-3/h8-11,15-16H,4-7,12H2,1-3H3. The Balaban J connectivity index is 2.80. The third-order valence-corrected chi connectivity index (χ3v) is 6.55. The SMILES string of the molecule is CCCCC(SP(OCC)OCC)c1ccccc1O. The number of benzene rings is 1. The summed E-state index contributed by atoms with van der Waals surface area (Å²) >= 11 is 1.71. The first kappa shape index (κ1) is 17.8. The highest BCUT2D eigenvalue weighted by atomic mass is 32.7. The number of aromatic hydroxyl groups is 1. The zero-order chi connectivity index (χ0) is 14.8. The maximum Gasteiger partial charge on any atom is 0.238 e. The molecule has 0 fully saturated rings. The number of phenolic OH excluding ortho intramolecular Hbond substituents is 1. The fourth-order valence-corrected chi connectivity index (χ4v) is 5.52. The van der Waals surface area contributed by atoms with Crippen LogP contribution in [0.5, 0.6) is 5.75 Å². The first-order valence-corrected chi connectivity index (χ1v) is 9.89. The van der Waals surface area contributed by atoms with E-state index in [1.165, 1.54) is 0 Å². The number of hydrogen-bond acceptors (Lipinski definition) is 4. The normalized spacial score (nSPS) is 12.8. The second kappa shape index (κ2) is 10.4. The fourth-order valence-electron chi connectivity index (χ4n) is 1.83. The van der Waals surface area contributed by atoms with Crippen molar-refractivity contribution in [1.82, 2.24) is 0 Å². The van der Waals surface area contributed by atoms with E-state index in [0.29, 0.717) is 19.0 Å². The Kier molecular flexibility index (Phi) is 9.28. The maximum absolute atomic E-state index is 10.1. The summed E-state index contributed by atoms with van der Waals surface area (Å²) < 4.78 is 11.4. The molecule has 0 aliphatic heterocycles. The van der Waals surface area contributed by atoms with Crippen molar-refractivity contribution in [2.45, 2.75) is 45.3 Å². The van der Waals surface area contributed by atoms with Gasteiger partial charge in [0.15, 0.2) is 0 Å². The summed E-state index contributed by atoms with van der Waals surface area (Å²) in [7, 11) is -0.947. The second-order valence-electron chi connectivity index (χ2n) is 4.35. The van der Waals surface area contributed by atoms with Crippen LogP contribution in [0.2, 0.25) is 0 Å². The predicted octanol–water partition coefficient (Wildman–Crippen LogP) is 5.66. The van der Waals surface area contributed by atoms with Crippen LogP contribution in [-0.2, 0) is 9.05 Å². The molecule has 5 heteroatoms. The van der Waals surface area contributed by atoms with Crippen LogP contribution >= 0.6 is 19.0 Å². The van der Waals surface area contributed by atoms with Crippen molar-refractivity contribution in [2.24, 2.45) is 0 Å². The lowest BCUT2D eigenvalue weighted by Gasteiger charge is -2.22. The Morgan fingerprint density at radius 1 is 1.15 bits per heavy atom. The average Bonchev–Trinajstić information content (AvgIpc) is 2.44. The van der Waals surface area contributed by atoms with Crippen molar-refractivity contribution in [3.8, 4) is 5.75 Å². The minimum Gasteiger partial charge on any atom is -0.508 e. The summed E-state index contributed by atoms with van der Waals surface area (Å²) in [6.07, 6.45) is 3.30. The molecule has 1 aromatic rings. The molecule has 1 unspecified atom stereocenters. The molecule has 114 valence electrons. The Labute approximate surface area is 127 Å². The lowest BCUT2D eigenvalue weighted by Crippen LogP contribution is -1.97. The van der Waals surface area contributed by atoms with Gasteiger partial charge in [-0.2, -0.15) is 0 Å². The van der Waals surface area contributed by atoms with Crippen LogP contribution in [0.25, 0.3) is 0 Å². The van der Waals surface area contributed by atoms with Gasteiger partial charge < -0.3 is 14.2 Å². The fraction of sp³-hybridized carbons (Fsp3) is 0.600. The molecular formula is C15H25O3PS. The van der Waals surface area contributed by atoms with E-state index in [4.69, 9.17) is 9.05 Å². The molecule has 20 heavy (non-hydrogen) atoms. The molecule has 1 aromatic carbocycles. The molecule has 0 saturated heterocycles. The third-order valence-electron chi connectivity index (χ3n) is 2.79. The van der Waals surface area contributed by atoms with Crippen molar-refractivity contribution in [3.05, 3.63) is 29.8 Å². The monoisotopic (exact) mass is 316 g/mol. The molecule has 1 rings (SSSR count). The lowest BCUT2D eigenvalue weighted by atomic mass is 10.1. The molecule has 0 spiro atoms. The zero-order valence-electron chi connectivity index (χ0n) is 12.5. The summed E-state index contributed by atoms with van der Waals surface area (Å²) in [6.45, 7) is 7.45. The molecule has 0 aliphatic rings. The Morgan fingerprint density at radius 2 is 1.80 bits per heavy atom. The quantitative estimate of drug-likeness (QED) is 0.566. The van der Waals surface area contributed by atoms with Crippen LogP contribution in [0.1, 0.15) is 50.8 Å². The van der Waals surface area contributed by atoms with Gasteiger partial charge in [0.1, 0.15) is 5.75 Å². The Hall–Kier alpha value is -0.280. The largest absolute Gasteiger partial charge is 0.508 e. The smallest absolute Gasteiger partial charge is 0.238 e. The van der Waals surface area contributed by atoms with Crippen molar-refractivity contribution in [3.63, 3.8) is 0 Å². The van der Waals surface area contributed by atoms with Gasteiger partial charge >= 0.3 is 0 Å². The summed E-state index contributed by atoms with van der Waals surface area (Å²) in [5.74, 6) is 0.365. The molecule has 0 saturated carbocycles. The van der Waals surface area contributed by atoms with Gasteiger partial charge in [0.05, 0.1) is 13.2 Å². The van der Waals surface area contributed by atoms with Crippen molar-refractivity contribution in [1.29, 1.82) is 0 Å². The molecule has 0 bridgehead atoms. The highest BCUT2D eigenvalue weighted by Gasteiger charge is 2.22. The number of para-hydroxylation sites is 1. The van der Waals surface area contributed by atoms with E-state index in [-0.39, 0.29) is 5.25 Å². The highest BCUT2D eigenvalue weighted by Crippen LogP contribution is 2.60. The molecule has 1 N–H and O–H groups in total. The van der Waals surface area contributed by atoms with Crippen LogP contribution in [0.15, 0.2) is 24.3 Å². The van der Waals surface area contributed by atoms with Crippen LogP contribution in [0, 0.1) is 0 Å². The predicted molar refractivity (Wildman–Crippen MR) is 88.1 cm³/mol. The molecule has 0 amide bonds. The van der Waals surface area contributed by atoms with Crippen molar-refractivity contribution in [2.75, 3.05) is 13.2 Å². The molecule has 0 heterocycles. The number of rotatable bonds is 10. The maximum atomic E-state index is 10.1. The van der Waals surface area contributed by atoms with Gasteiger partial charge in [0, 0.05) is 10.8 Å². The van der Waals surface area contributed by atoms with Crippen LogP contribution < -0.4 is 0 Å². The van der Waals surface area contributed by atoms with Crippen molar-refractivity contribution < 1.29 is 14.2 Å². The van der Waals surface area contributed by atoms with E-state index in [1.807, 2.05) is 32.0 Å². The van der Waals surface area contributed by atoms with E-state index in [9.17, 15) is 5.11 Å². The van der Waals surface area contributed by atoms with Gasteiger partial charge in [-0.3, -0.25) is 0 Å². The van der Waals surface area contributed by atoms with Crippen LogP contribution in [0.3, 0.4) is 0 Å². The third kappa shape index (κ3) is 6.01. The topological polar surface area (TPSA) is 38.7 Å². The van der Waals surface area contributed by atoms with E-state index < -0.39 is 7.58 Å². The van der Waals surface area contributed by atoms with E-state index in [1.54, 1.807) is 17.4 Å². The summed E-state index contributed by atoms with van der Waals surface area (Å²) in [6, 6.07) is 7.57. The van der Waals surface area contributed by atoms with Gasteiger partial charge in [0.25, 0.3) is 0 Å². The Bertz CT molecular complexity index is 370. The summed E-state index contributed by atoms with van der Waals surface area (Å²) in [5, 5.41) is 10.3. The second-order valence-corrected chi connectivity index (χ2v) is 7.62.